The van der Waals surface area contributed by atoms with Gasteiger partial charge < -0.3 is 10.2 Å². The number of nitriles is 1. The van der Waals surface area contributed by atoms with E-state index in [1.165, 1.54) is 12.1 Å². The molecular weight excluding hydrogens is 429 g/mol. The van der Waals surface area contributed by atoms with E-state index in [2.05, 4.69) is 41.6 Å². The number of aromatic nitrogens is 4. The fourth-order valence-corrected chi connectivity index (χ4v) is 4.25. The SMILES string of the molecule is CN1C=CC(C)(CNc2cc(-c3ccc(C#N)c(F)c3)n(-c3ccc4c(cnn4C)c3)n2)CC1. The largest absolute Gasteiger partial charge is 0.381 e. The van der Waals surface area contributed by atoms with Gasteiger partial charge in [0.25, 0.3) is 0 Å². The predicted molar refractivity (Wildman–Crippen MR) is 131 cm³/mol. The Labute approximate surface area is 197 Å². The maximum absolute atomic E-state index is 14.5. The fraction of sp³-hybridized carbons (Fsp3) is 0.269. The smallest absolute Gasteiger partial charge is 0.149 e. The van der Waals surface area contributed by atoms with E-state index < -0.39 is 5.82 Å². The average Bonchev–Trinajstić information content (AvgIpc) is 3.43. The fourth-order valence-electron chi connectivity index (χ4n) is 4.25. The molecule has 0 saturated carbocycles. The van der Waals surface area contributed by atoms with Gasteiger partial charge >= 0.3 is 0 Å². The Morgan fingerprint density at radius 2 is 2.03 bits per heavy atom. The number of benzene rings is 2. The minimum absolute atomic E-state index is 0.0195. The molecule has 34 heavy (non-hydrogen) atoms. The van der Waals surface area contributed by atoms with Crippen molar-refractivity contribution in [2.24, 2.45) is 12.5 Å². The Morgan fingerprint density at radius 3 is 2.76 bits per heavy atom. The first-order valence-electron chi connectivity index (χ1n) is 11.2. The van der Waals surface area contributed by atoms with Crippen molar-refractivity contribution in [1.29, 1.82) is 5.26 Å². The third-order valence-corrected chi connectivity index (χ3v) is 6.51. The van der Waals surface area contributed by atoms with Crippen molar-refractivity contribution in [2.45, 2.75) is 13.3 Å². The lowest BCUT2D eigenvalue weighted by Crippen LogP contribution is -2.32. The van der Waals surface area contributed by atoms with Gasteiger partial charge in [-0.05, 0) is 43.0 Å². The Hall–Kier alpha value is -4.12. The first-order valence-corrected chi connectivity index (χ1v) is 11.2. The summed E-state index contributed by atoms with van der Waals surface area (Å²) in [6.07, 6.45) is 7.21. The van der Waals surface area contributed by atoms with Crippen LogP contribution in [0.5, 0.6) is 0 Å². The number of rotatable bonds is 5. The van der Waals surface area contributed by atoms with E-state index in [1.807, 2.05) is 52.9 Å². The summed E-state index contributed by atoms with van der Waals surface area (Å²) in [5, 5.41) is 22.8. The van der Waals surface area contributed by atoms with E-state index in [-0.39, 0.29) is 11.0 Å². The molecule has 7 nitrogen and oxygen atoms in total. The summed E-state index contributed by atoms with van der Waals surface area (Å²) in [6, 6.07) is 14.4. The van der Waals surface area contributed by atoms with Crippen LogP contribution in [0.1, 0.15) is 18.9 Å². The Bertz CT molecular complexity index is 1440. The molecule has 4 aromatic rings. The van der Waals surface area contributed by atoms with Crippen molar-refractivity contribution in [3.8, 4) is 23.0 Å². The molecule has 0 amide bonds. The minimum atomic E-state index is -0.547. The Kier molecular flexibility index (Phi) is 5.33. The molecule has 1 unspecified atom stereocenters. The summed E-state index contributed by atoms with van der Waals surface area (Å²) in [4.78, 5) is 2.18. The molecule has 0 fully saturated rings. The molecule has 172 valence electrons. The first-order chi connectivity index (χ1) is 16.3. The second kappa shape index (κ2) is 8.34. The lowest BCUT2D eigenvalue weighted by molar-refractivity contribution is 0.303. The van der Waals surface area contributed by atoms with Crippen LogP contribution >= 0.6 is 0 Å². The lowest BCUT2D eigenvalue weighted by atomic mass is 9.84. The van der Waals surface area contributed by atoms with Crippen LogP contribution in [0.2, 0.25) is 0 Å². The van der Waals surface area contributed by atoms with Crippen molar-refractivity contribution >= 4 is 16.7 Å². The van der Waals surface area contributed by atoms with Gasteiger partial charge in [-0.25, -0.2) is 9.07 Å². The van der Waals surface area contributed by atoms with Crippen LogP contribution in [-0.4, -0.2) is 44.6 Å². The van der Waals surface area contributed by atoms with Crippen molar-refractivity contribution in [2.75, 3.05) is 25.5 Å². The number of fused-ring (bicyclic) bond motifs is 1. The molecule has 1 aliphatic rings. The van der Waals surface area contributed by atoms with Gasteiger partial charge in [-0.15, -0.1) is 5.10 Å². The normalized spacial score (nSPS) is 17.8. The monoisotopic (exact) mass is 455 g/mol. The van der Waals surface area contributed by atoms with Crippen LogP contribution in [0.15, 0.2) is 60.9 Å². The highest BCUT2D eigenvalue weighted by Crippen LogP contribution is 2.31. The highest BCUT2D eigenvalue weighted by atomic mass is 19.1. The van der Waals surface area contributed by atoms with Crippen molar-refractivity contribution in [3.63, 3.8) is 0 Å². The molecule has 0 aliphatic carbocycles. The molecule has 0 radical (unpaired) electrons. The number of anilines is 1. The number of halogens is 1. The van der Waals surface area contributed by atoms with E-state index in [9.17, 15) is 4.39 Å². The summed E-state index contributed by atoms with van der Waals surface area (Å²) < 4.78 is 18.1. The third kappa shape index (κ3) is 4.01. The predicted octanol–water partition coefficient (Wildman–Crippen LogP) is 4.70. The van der Waals surface area contributed by atoms with Crippen LogP contribution < -0.4 is 5.32 Å². The molecule has 1 aliphatic heterocycles. The van der Waals surface area contributed by atoms with Gasteiger partial charge in [-0.2, -0.15) is 10.4 Å². The van der Waals surface area contributed by atoms with Crippen molar-refractivity contribution in [1.82, 2.24) is 24.5 Å². The number of hydrogen-bond donors (Lipinski definition) is 1. The van der Waals surface area contributed by atoms with E-state index in [0.717, 1.165) is 41.8 Å². The van der Waals surface area contributed by atoms with Gasteiger partial charge in [0.05, 0.1) is 28.7 Å². The highest BCUT2D eigenvalue weighted by Gasteiger charge is 2.25. The number of nitrogens with one attached hydrogen (secondary N) is 1. The summed E-state index contributed by atoms with van der Waals surface area (Å²) >= 11 is 0. The average molecular weight is 456 g/mol. The van der Waals surface area contributed by atoms with Crippen LogP contribution in [-0.2, 0) is 7.05 Å². The zero-order valence-corrected chi connectivity index (χ0v) is 19.5. The molecular formula is C26H26FN7. The molecule has 2 aromatic carbocycles. The molecule has 1 atom stereocenters. The Balaban J connectivity index is 1.54. The number of aryl methyl sites for hydroxylation is 1. The molecule has 0 bridgehead atoms. The van der Waals surface area contributed by atoms with Gasteiger partial charge in [0.1, 0.15) is 17.7 Å². The number of hydrogen-bond acceptors (Lipinski definition) is 5. The molecule has 8 heteroatoms. The summed E-state index contributed by atoms with van der Waals surface area (Å²) in [7, 11) is 3.98. The third-order valence-electron chi connectivity index (χ3n) is 6.51. The van der Waals surface area contributed by atoms with Crippen LogP contribution in [0.4, 0.5) is 10.2 Å². The van der Waals surface area contributed by atoms with Crippen LogP contribution in [0.3, 0.4) is 0 Å². The van der Waals surface area contributed by atoms with Gasteiger partial charge in [0, 0.05) is 49.6 Å². The van der Waals surface area contributed by atoms with Crippen LogP contribution in [0.25, 0.3) is 27.8 Å². The van der Waals surface area contributed by atoms with Crippen LogP contribution in [0, 0.1) is 22.6 Å². The van der Waals surface area contributed by atoms with Gasteiger partial charge in [-0.3, -0.25) is 4.68 Å². The van der Waals surface area contributed by atoms with Gasteiger partial charge in [0.15, 0.2) is 0 Å². The Morgan fingerprint density at radius 1 is 1.18 bits per heavy atom. The van der Waals surface area contributed by atoms with Crippen molar-refractivity contribution < 1.29 is 4.39 Å². The molecule has 0 saturated heterocycles. The second-order valence-electron chi connectivity index (χ2n) is 9.20. The maximum Gasteiger partial charge on any atom is 0.149 e. The zero-order chi connectivity index (χ0) is 23.9. The highest BCUT2D eigenvalue weighted by molar-refractivity contribution is 5.81. The van der Waals surface area contributed by atoms with Gasteiger partial charge in [-0.1, -0.05) is 19.1 Å². The first kappa shape index (κ1) is 21.7. The van der Waals surface area contributed by atoms with E-state index in [0.29, 0.717) is 11.4 Å². The van der Waals surface area contributed by atoms with Crippen molar-refractivity contribution in [3.05, 3.63) is 72.3 Å². The maximum atomic E-state index is 14.5. The number of nitrogens with zero attached hydrogens (tertiary/aromatic N) is 6. The quantitative estimate of drug-likeness (QED) is 0.472. The summed E-state index contributed by atoms with van der Waals surface area (Å²) in [6.45, 7) is 3.97. The van der Waals surface area contributed by atoms with E-state index in [1.54, 1.807) is 6.07 Å². The molecule has 1 N–H and O–H groups in total. The molecule has 5 rings (SSSR count). The minimum Gasteiger partial charge on any atom is -0.381 e. The topological polar surface area (TPSA) is 74.7 Å². The standard InChI is InChI=1S/C26H26FN7/c1-26(8-10-32(2)11-9-26)17-29-25-14-24(18-4-5-19(15-28)22(27)13-18)34(31-25)21-6-7-23-20(12-21)16-30-33(23)3/h4-8,10,12-14,16H,9,11,17H2,1-3H3,(H,29,31). The zero-order valence-electron chi connectivity index (χ0n) is 19.5. The molecule has 3 heterocycles. The van der Waals surface area contributed by atoms with Gasteiger partial charge in [0.2, 0.25) is 0 Å². The van der Waals surface area contributed by atoms with E-state index >= 15 is 0 Å². The summed E-state index contributed by atoms with van der Waals surface area (Å²) in [5.74, 6) is 0.161. The molecule has 0 spiro atoms. The van der Waals surface area contributed by atoms with E-state index in [4.69, 9.17) is 10.4 Å². The second-order valence-corrected chi connectivity index (χ2v) is 9.20. The molecule has 2 aromatic heterocycles. The lowest BCUT2D eigenvalue weighted by Gasteiger charge is -2.33. The summed E-state index contributed by atoms with van der Waals surface area (Å²) in [5.41, 5.74) is 3.28.